The highest BCUT2D eigenvalue weighted by molar-refractivity contribution is 5.83. The van der Waals surface area contributed by atoms with Gasteiger partial charge < -0.3 is 5.32 Å². The first-order chi connectivity index (χ1) is 5.59. The summed E-state index contributed by atoms with van der Waals surface area (Å²) in [5.74, 6) is -0.0898. The molecule has 1 rings (SSSR count). The number of nitrogens with zero attached hydrogens (tertiary/aromatic N) is 3. The second kappa shape index (κ2) is 2.92. The van der Waals surface area contributed by atoms with E-state index in [0.29, 0.717) is 0 Å². The topological polar surface area (TPSA) is 59.8 Å². The van der Waals surface area contributed by atoms with Crippen molar-refractivity contribution in [1.82, 2.24) is 20.1 Å². The van der Waals surface area contributed by atoms with E-state index in [2.05, 4.69) is 15.4 Å². The van der Waals surface area contributed by atoms with Crippen molar-refractivity contribution in [2.45, 2.75) is 19.4 Å². The minimum atomic E-state index is -0.675. The van der Waals surface area contributed by atoms with Crippen molar-refractivity contribution in [2.75, 3.05) is 7.05 Å². The average Bonchev–Trinajstić information content (AvgIpc) is 2.55. The van der Waals surface area contributed by atoms with Crippen LogP contribution in [0, 0.1) is 0 Å². The number of carbonyl (C=O) groups excluding carboxylic acids is 1. The van der Waals surface area contributed by atoms with Crippen molar-refractivity contribution >= 4 is 5.91 Å². The fraction of sp³-hybridized carbons (Fsp3) is 0.571. The molecule has 0 unspecified atom stereocenters. The molecular formula is C7H12N4O. The van der Waals surface area contributed by atoms with Crippen molar-refractivity contribution in [3.05, 3.63) is 12.7 Å². The molecule has 1 amide bonds. The molecule has 0 bridgehead atoms. The third kappa shape index (κ3) is 1.30. The van der Waals surface area contributed by atoms with Gasteiger partial charge in [-0.25, -0.2) is 9.67 Å². The van der Waals surface area contributed by atoms with E-state index in [1.54, 1.807) is 20.9 Å². The Hall–Kier alpha value is -1.39. The lowest BCUT2D eigenvalue weighted by molar-refractivity contribution is -0.128. The molecule has 1 aromatic heterocycles. The van der Waals surface area contributed by atoms with Gasteiger partial charge in [0.15, 0.2) is 0 Å². The molecule has 1 N–H and O–H groups in total. The maximum Gasteiger partial charge on any atom is 0.247 e. The largest absolute Gasteiger partial charge is 0.357 e. The molecule has 0 aromatic carbocycles. The third-order valence-corrected chi connectivity index (χ3v) is 1.77. The van der Waals surface area contributed by atoms with Gasteiger partial charge in [0.1, 0.15) is 18.2 Å². The number of carbonyl (C=O) groups is 1. The van der Waals surface area contributed by atoms with Crippen LogP contribution in [-0.4, -0.2) is 27.7 Å². The lowest BCUT2D eigenvalue weighted by Gasteiger charge is -2.21. The molecule has 0 aliphatic rings. The van der Waals surface area contributed by atoms with E-state index in [-0.39, 0.29) is 5.91 Å². The van der Waals surface area contributed by atoms with Crippen LogP contribution in [0.25, 0.3) is 0 Å². The van der Waals surface area contributed by atoms with Gasteiger partial charge in [0.25, 0.3) is 0 Å². The van der Waals surface area contributed by atoms with Crippen LogP contribution in [-0.2, 0) is 10.3 Å². The molecule has 0 spiro atoms. The second-order valence-corrected chi connectivity index (χ2v) is 2.98. The standard InChI is InChI=1S/C7H12N4O/c1-7(2,6(12)8-3)11-5-9-4-10-11/h4-5H,1-3H3,(H,8,12). The van der Waals surface area contributed by atoms with E-state index in [0.717, 1.165) is 0 Å². The van der Waals surface area contributed by atoms with Crippen LogP contribution in [0.1, 0.15) is 13.8 Å². The molecule has 0 aliphatic carbocycles. The summed E-state index contributed by atoms with van der Waals surface area (Å²) in [5, 5.41) is 6.47. The van der Waals surface area contributed by atoms with Gasteiger partial charge in [-0.2, -0.15) is 5.10 Å². The Balaban J connectivity index is 2.93. The van der Waals surface area contributed by atoms with Gasteiger partial charge in [0.2, 0.25) is 5.91 Å². The fourth-order valence-electron chi connectivity index (χ4n) is 0.907. The molecule has 5 heteroatoms. The highest BCUT2D eigenvalue weighted by atomic mass is 16.2. The predicted molar refractivity (Wildman–Crippen MR) is 43.4 cm³/mol. The third-order valence-electron chi connectivity index (χ3n) is 1.77. The highest BCUT2D eigenvalue weighted by Crippen LogP contribution is 2.11. The van der Waals surface area contributed by atoms with Gasteiger partial charge in [-0.3, -0.25) is 4.79 Å². The number of rotatable bonds is 2. The fourth-order valence-corrected chi connectivity index (χ4v) is 0.907. The van der Waals surface area contributed by atoms with Crippen LogP contribution in [0.4, 0.5) is 0 Å². The second-order valence-electron chi connectivity index (χ2n) is 2.98. The van der Waals surface area contributed by atoms with E-state index < -0.39 is 5.54 Å². The Morgan fingerprint density at radius 3 is 2.67 bits per heavy atom. The molecule has 0 atom stereocenters. The van der Waals surface area contributed by atoms with Crippen LogP contribution in [0.5, 0.6) is 0 Å². The predicted octanol–water partition coefficient (Wildman–Crippen LogP) is -0.241. The Labute approximate surface area is 70.8 Å². The molecule has 0 saturated carbocycles. The zero-order chi connectivity index (χ0) is 9.19. The Kier molecular flexibility index (Phi) is 2.12. The molecule has 12 heavy (non-hydrogen) atoms. The van der Waals surface area contributed by atoms with E-state index in [4.69, 9.17) is 0 Å². The smallest absolute Gasteiger partial charge is 0.247 e. The Morgan fingerprint density at radius 1 is 1.58 bits per heavy atom. The molecule has 0 aliphatic heterocycles. The molecule has 0 radical (unpaired) electrons. The Bertz CT molecular complexity index is 265. The zero-order valence-corrected chi connectivity index (χ0v) is 7.40. The summed E-state index contributed by atoms with van der Waals surface area (Å²) in [7, 11) is 1.60. The Morgan fingerprint density at radius 2 is 2.25 bits per heavy atom. The van der Waals surface area contributed by atoms with Gasteiger partial charge in [-0.1, -0.05) is 0 Å². The number of amides is 1. The first-order valence-corrected chi connectivity index (χ1v) is 3.66. The van der Waals surface area contributed by atoms with Crippen LogP contribution in [0.15, 0.2) is 12.7 Å². The number of likely N-dealkylation sites (N-methyl/N-ethyl adjacent to an activating group) is 1. The van der Waals surface area contributed by atoms with Gasteiger partial charge in [-0.15, -0.1) is 0 Å². The monoisotopic (exact) mass is 168 g/mol. The number of nitrogens with one attached hydrogen (secondary N) is 1. The van der Waals surface area contributed by atoms with Crippen LogP contribution < -0.4 is 5.32 Å². The highest BCUT2D eigenvalue weighted by Gasteiger charge is 2.29. The summed E-state index contributed by atoms with van der Waals surface area (Å²) in [6.07, 6.45) is 2.93. The van der Waals surface area contributed by atoms with Crippen molar-refractivity contribution in [2.24, 2.45) is 0 Å². The first-order valence-electron chi connectivity index (χ1n) is 3.66. The molecule has 0 saturated heterocycles. The normalized spacial score (nSPS) is 11.2. The lowest BCUT2D eigenvalue weighted by atomic mass is 10.1. The van der Waals surface area contributed by atoms with Gasteiger partial charge in [0, 0.05) is 7.05 Å². The van der Waals surface area contributed by atoms with E-state index >= 15 is 0 Å². The maximum atomic E-state index is 11.3. The molecule has 1 aromatic rings. The van der Waals surface area contributed by atoms with E-state index in [1.807, 2.05) is 0 Å². The number of hydrogen-bond donors (Lipinski definition) is 1. The summed E-state index contributed by atoms with van der Waals surface area (Å²) in [6.45, 7) is 3.56. The first kappa shape index (κ1) is 8.70. The van der Waals surface area contributed by atoms with Gasteiger partial charge in [-0.05, 0) is 13.8 Å². The summed E-state index contributed by atoms with van der Waals surface area (Å²) >= 11 is 0. The van der Waals surface area contributed by atoms with E-state index in [1.165, 1.54) is 17.3 Å². The lowest BCUT2D eigenvalue weighted by Crippen LogP contribution is -2.43. The molecule has 5 nitrogen and oxygen atoms in total. The van der Waals surface area contributed by atoms with E-state index in [9.17, 15) is 4.79 Å². The molecule has 0 fully saturated rings. The summed E-state index contributed by atoms with van der Waals surface area (Å²) in [6, 6.07) is 0. The quantitative estimate of drug-likeness (QED) is 0.663. The van der Waals surface area contributed by atoms with Gasteiger partial charge >= 0.3 is 0 Å². The molecular weight excluding hydrogens is 156 g/mol. The summed E-state index contributed by atoms with van der Waals surface area (Å²) in [4.78, 5) is 15.1. The minimum absolute atomic E-state index is 0.0898. The average molecular weight is 168 g/mol. The van der Waals surface area contributed by atoms with Crippen molar-refractivity contribution in [1.29, 1.82) is 0 Å². The summed E-state index contributed by atoms with van der Waals surface area (Å²) < 4.78 is 1.52. The van der Waals surface area contributed by atoms with Crippen molar-refractivity contribution < 1.29 is 4.79 Å². The number of aromatic nitrogens is 3. The van der Waals surface area contributed by atoms with Crippen molar-refractivity contribution in [3.8, 4) is 0 Å². The van der Waals surface area contributed by atoms with Crippen molar-refractivity contribution in [3.63, 3.8) is 0 Å². The maximum absolute atomic E-state index is 11.3. The van der Waals surface area contributed by atoms with Gasteiger partial charge in [0.05, 0.1) is 0 Å². The zero-order valence-electron chi connectivity index (χ0n) is 7.40. The molecule has 1 heterocycles. The number of hydrogen-bond acceptors (Lipinski definition) is 3. The SMILES string of the molecule is CNC(=O)C(C)(C)n1cncn1. The van der Waals surface area contributed by atoms with Crippen LogP contribution in [0.3, 0.4) is 0 Å². The molecule has 66 valence electrons. The summed E-state index contributed by atoms with van der Waals surface area (Å²) in [5.41, 5.74) is -0.675. The van der Waals surface area contributed by atoms with Crippen LogP contribution >= 0.6 is 0 Å². The minimum Gasteiger partial charge on any atom is -0.357 e. The van der Waals surface area contributed by atoms with Crippen LogP contribution in [0.2, 0.25) is 0 Å².